The Bertz CT molecular complexity index is 1090. The largest absolute Gasteiger partial charge is 0.497 e. The number of anilines is 1. The molecule has 0 saturated heterocycles. The SMILES string of the molecule is COc1ccc(OC)c(NC(=O)C2(C)CC3c4ccccc4C2c2ccccc23)c1. The Morgan fingerprint density at radius 2 is 1.50 bits per heavy atom. The lowest BCUT2D eigenvalue weighted by Gasteiger charge is -2.50. The average molecular weight is 399 g/mol. The molecule has 4 heteroatoms. The first kappa shape index (κ1) is 18.7. The lowest BCUT2D eigenvalue weighted by molar-refractivity contribution is -0.126. The standard InChI is InChI=1S/C26H25NO3/c1-26(25(28)27-22-14-16(29-2)12-13-23(22)30-3)15-21-17-8-4-6-10-19(17)24(26)20-11-7-5-9-18(20)21/h4-14,21,24H,15H2,1-3H3,(H,27,28). The van der Waals surface area contributed by atoms with Crippen molar-refractivity contribution in [3.05, 3.63) is 89.0 Å². The van der Waals surface area contributed by atoms with Crippen molar-refractivity contribution in [1.29, 1.82) is 0 Å². The summed E-state index contributed by atoms with van der Waals surface area (Å²) in [6, 6.07) is 22.6. The Kier molecular flexibility index (Phi) is 4.31. The zero-order chi connectivity index (χ0) is 20.9. The van der Waals surface area contributed by atoms with Crippen molar-refractivity contribution < 1.29 is 14.3 Å². The highest BCUT2D eigenvalue weighted by Gasteiger charge is 2.53. The summed E-state index contributed by atoms with van der Waals surface area (Å²) in [6.07, 6.45) is 0.782. The molecule has 1 N–H and O–H groups in total. The highest BCUT2D eigenvalue weighted by molar-refractivity contribution is 5.98. The van der Waals surface area contributed by atoms with Crippen molar-refractivity contribution in [2.45, 2.75) is 25.2 Å². The molecular weight excluding hydrogens is 374 g/mol. The predicted octanol–water partition coefficient (Wildman–Crippen LogP) is 5.33. The quantitative estimate of drug-likeness (QED) is 0.645. The summed E-state index contributed by atoms with van der Waals surface area (Å²) in [5.74, 6) is 1.55. The summed E-state index contributed by atoms with van der Waals surface area (Å²) in [6.45, 7) is 2.10. The van der Waals surface area contributed by atoms with Gasteiger partial charge in [-0.05, 0) is 47.7 Å². The number of hydrogen-bond acceptors (Lipinski definition) is 3. The van der Waals surface area contributed by atoms with E-state index in [0.717, 1.165) is 6.42 Å². The number of carbonyl (C=O) groups is 1. The highest BCUT2D eigenvalue weighted by Crippen LogP contribution is 2.61. The van der Waals surface area contributed by atoms with Gasteiger partial charge >= 0.3 is 0 Å². The maximum Gasteiger partial charge on any atom is 0.231 e. The van der Waals surface area contributed by atoms with Crippen LogP contribution in [-0.4, -0.2) is 20.1 Å². The third-order valence-electron chi connectivity index (χ3n) is 6.80. The number of amides is 1. The average Bonchev–Trinajstić information content (AvgIpc) is 2.79. The van der Waals surface area contributed by atoms with E-state index in [1.165, 1.54) is 22.3 Å². The van der Waals surface area contributed by atoms with E-state index >= 15 is 0 Å². The number of carbonyl (C=O) groups excluding carboxylic acids is 1. The van der Waals surface area contributed by atoms with Crippen molar-refractivity contribution >= 4 is 11.6 Å². The Labute approximate surface area is 176 Å². The van der Waals surface area contributed by atoms with E-state index in [-0.39, 0.29) is 17.7 Å². The van der Waals surface area contributed by atoms with E-state index in [9.17, 15) is 4.79 Å². The summed E-state index contributed by atoms with van der Waals surface area (Å²) in [5, 5.41) is 3.15. The second kappa shape index (κ2) is 6.91. The highest BCUT2D eigenvalue weighted by atomic mass is 16.5. The van der Waals surface area contributed by atoms with Crippen LogP contribution in [0, 0.1) is 5.41 Å². The Morgan fingerprint density at radius 1 is 0.900 bits per heavy atom. The number of fused-ring (bicyclic) bond motifs is 1. The number of ether oxygens (including phenoxy) is 2. The Hall–Kier alpha value is -3.27. The van der Waals surface area contributed by atoms with Gasteiger partial charge in [-0.3, -0.25) is 4.79 Å². The first-order chi connectivity index (χ1) is 14.6. The fraction of sp³-hybridized carbons (Fsp3) is 0.269. The van der Waals surface area contributed by atoms with Gasteiger partial charge in [-0.15, -0.1) is 0 Å². The van der Waals surface area contributed by atoms with E-state index in [1.807, 2.05) is 18.2 Å². The van der Waals surface area contributed by atoms with Gasteiger partial charge in [-0.25, -0.2) is 0 Å². The van der Waals surface area contributed by atoms with Gasteiger partial charge in [0, 0.05) is 17.9 Å². The van der Waals surface area contributed by atoms with Gasteiger partial charge < -0.3 is 14.8 Å². The zero-order valence-electron chi connectivity index (χ0n) is 17.4. The van der Waals surface area contributed by atoms with Crippen molar-refractivity contribution in [2.24, 2.45) is 5.41 Å². The molecule has 3 aromatic carbocycles. The van der Waals surface area contributed by atoms with Gasteiger partial charge in [0.2, 0.25) is 5.91 Å². The molecule has 0 spiro atoms. The lowest BCUT2D eigenvalue weighted by Crippen LogP contribution is -2.47. The van der Waals surface area contributed by atoms with Gasteiger partial charge in [0.05, 0.1) is 25.3 Å². The molecule has 1 atom stereocenters. The molecule has 0 heterocycles. The molecule has 3 aliphatic rings. The molecule has 1 amide bonds. The molecule has 4 nitrogen and oxygen atoms in total. The predicted molar refractivity (Wildman–Crippen MR) is 117 cm³/mol. The maximum absolute atomic E-state index is 13.8. The third kappa shape index (κ3) is 2.63. The summed E-state index contributed by atoms with van der Waals surface area (Å²) >= 11 is 0. The summed E-state index contributed by atoms with van der Waals surface area (Å²) in [4.78, 5) is 13.8. The van der Waals surface area contributed by atoms with Crippen LogP contribution in [0.5, 0.6) is 11.5 Å². The van der Waals surface area contributed by atoms with Crippen LogP contribution in [0.2, 0.25) is 0 Å². The molecule has 0 radical (unpaired) electrons. The van der Waals surface area contributed by atoms with Crippen LogP contribution in [0.4, 0.5) is 5.69 Å². The second-order valence-electron chi connectivity index (χ2n) is 8.39. The van der Waals surface area contributed by atoms with Crippen LogP contribution in [0.1, 0.15) is 47.4 Å². The van der Waals surface area contributed by atoms with Gasteiger partial charge in [0.1, 0.15) is 11.5 Å². The number of hydrogen-bond donors (Lipinski definition) is 1. The third-order valence-corrected chi connectivity index (χ3v) is 6.80. The second-order valence-corrected chi connectivity index (χ2v) is 8.39. The molecule has 1 unspecified atom stereocenters. The molecule has 152 valence electrons. The van der Waals surface area contributed by atoms with Gasteiger partial charge in [0.25, 0.3) is 0 Å². The van der Waals surface area contributed by atoms with Crippen LogP contribution >= 0.6 is 0 Å². The molecule has 3 aromatic rings. The van der Waals surface area contributed by atoms with Crippen molar-refractivity contribution in [3.63, 3.8) is 0 Å². The van der Waals surface area contributed by atoms with E-state index in [4.69, 9.17) is 9.47 Å². The van der Waals surface area contributed by atoms with E-state index < -0.39 is 5.41 Å². The first-order valence-electron chi connectivity index (χ1n) is 10.3. The Morgan fingerprint density at radius 3 is 2.07 bits per heavy atom. The van der Waals surface area contributed by atoms with Crippen LogP contribution in [-0.2, 0) is 4.79 Å². The molecule has 0 fully saturated rings. The fourth-order valence-corrected chi connectivity index (χ4v) is 5.37. The monoisotopic (exact) mass is 399 g/mol. The van der Waals surface area contributed by atoms with E-state index in [0.29, 0.717) is 17.2 Å². The zero-order valence-corrected chi connectivity index (χ0v) is 17.4. The minimum atomic E-state index is -0.568. The van der Waals surface area contributed by atoms with Gasteiger partial charge in [-0.1, -0.05) is 48.5 Å². The minimum Gasteiger partial charge on any atom is -0.497 e. The molecule has 0 saturated carbocycles. The molecule has 0 aromatic heterocycles. The van der Waals surface area contributed by atoms with Crippen LogP contribution in [0.15, 0.2) is 66.7 Å². The minimum absolute atomic E-state index is 0.00746. The number of benzene rings is 3. The van der Waals surface area contributed by atoms with Crippen LogP contribution < -0.4 is 14.8 Å². The molecule has 2 bridgehead atoms. The molecule has 0 aliphatic heterocycles. The molecule has 3 aliphatic carbocycles. The van der Waals surface area contributed by atoms with Gasteiger partial charge in [-0.2, -0.15) is 0 Å². The van der Waals surface area contributed by atoms with Crippen molar-refractivity contribution in [3.8, 4) is 11.5 Å². The van der Waals surface area contributed by atoms with E-state index in [1.54, 1.807) is 14.2 Å². The molecule has 6 rings (SSSR count). The number of rotatable bonds is 4. The van der Waals surface area contributed by atoms with Crippen molar-refractivity contribution in [2.75, 3.05) is 19.5 Å². The summed E-state index contributed by atoms with van der Waals surface area (Å²) in [7, 11) is 3.22. The van der Waals surface area contributed by atoms with Crippen LogP contribution in [0.3, 0.4) is 0 Å². The number of nitrogens with one attached hydrogen (secondary N) is 1. The molecular formula is C26H25NO3. The van der Waals surface area contributed by atoms with Gasteiger partial charge in [0.15, 0.2) is 0 Å². The summed E-state index contributed by atoms with van der Waals surface area (Å²) < 4.78 is 10.8. The Balaban J connectivity index is 1.58. The van der Waals surface area contributed by atoms with Crippen molar-refractivity contribution in [1.82, 2.24) is 0 Å². The fourth-order valence-electron chi connectivity index (χ4n) is 5.37. The number of methoxy groups -OCH3 is 2. The normalized spacial score (nSPS) is 23.3. The topological polar surface area (TPSA) is 47.6 Å². The lowest BCUT2D eigenvalue weighted by atomic mass is 9.52. The smallest absolute Gasteiger partial charge is 0.231 e. The van der Waals surface area contributed by atoms with Crippen LogP contribution in [0.25, 0.3) is 0 Å². The molecule has 30 heavy (non-hydrogen) atoms. The maximum atomic E-state index is 13.8. The summed E-state index contributed by atoms with van der Waals surface area (Å²) in [5.41, 5.74) is 5.30. The van der Waals surface area contributed by atoms with E-state index in [2.05, 4.69) is 60.8 Å². The first-order valence-corrected chi connectivity index (χ1v) is 10.3.